The van der Waals surface area contributed by atoms with Crippen LogP contribution in [0.4, 0.5) is 5.82 Å². The summed E-state index contributed by atoms with van der Waals surface area (Å²) in [5.41, 5.74) is 0.983. The van der Waals surface area contributed by atoms with E-state index in [4.69, 9.17) is 34.0 Å². The summed E-state index contributed by atoms with van der Waals surface area (Å²) in [5.74, 6) is 0.733. The van der Waals surface area contributed by atoms with Crippen molar-refractivity contribution >= 4 is 41.3 Å². The number of carbonyl (C=O) groups is 1. The maximum absolute atomic E-state index is 12.8. The highest BCUT2D eigenvalue weighted by Gasteiger charge is 2.32. The summed E-state index contributed by atoms with van der Waals surface area (Å²) < 4.78 is 1.22. The first-order valence-electron chi connectivity index (χ1n) is 8.95. The molecule has 0 bridgehead atoms. The molecular formula is C19H22Cl2N6O. The SMILES string of the molecule is CC1CN(C(=O)Cc2ccc(Cl)c(Cl)c2)CC(C)N1c1ccc(=N)n(C=N)n1. The molecule has 1 aromatic carbocycles. The second-order valence-corrected chi connectivity index (χ2v) is 7.79. The first kappa shape index (κ1) is 20.4. The number of piperazine rings is 1. The number of benzene rings is 1. The van der Waals surface area contributed by atoms with Crippen molar-refractivity contribution in [1.29, 1.82) is 10.8 Å². The molecular weight excluding hydrogens is 399 g/mol. The monoisotopic (exact) mass is 420 g/mol. The van der Waals surface area contributed by atoms with E-state index in [0.717, 1.165) is 11.9 Å². The largest absolute Gasteiger partial charge is 0.346 e. The summed E-state index contributed by atoms with van der Waals surface area (Å²) in [4.78, 5) is 16.8. The van der Waals surface area contributed by atoms with Crippen LogP contribution in [0.5, 0.6) is 0 Å². The van der Waals surface area contributed by atoms with Crippen LogP contribution in [-0.4, -0.2) is 52.1 Å². The molecule has 2 heterocycles. The zero-order valence-electron chi connectivity index (χ0n) is 15.7. The van der Waals surface area contributed by atoms with E-state index in [1.807, 2.05) is 24.8 Å². The van der Waals surface area contributed by atoms with Crippen molar-refractivity contribution in [1.82, 2.24) is 14.7 Å². The lowest BCUT2D eigenvalue weighted by Crippen LogP contribution is -2.59. The minimum absolute atomic E-state index is 0.0424. The van der Waals surface area contributed by atoms with Gasteiger partial charge in [0, 0.05) is 25.2 Å². The average molecular weight is 421 g/mol. The van der Waals surface area contributed by atoms with Crippen LogP contribution in [0.2, 0.25) is 10.0 Å². The fraction of sp³-hybridized carbons (Fsp3) is 0.368. The van der Waals surface area contributed by atoms with Crippen LogP contribution in [0.25, 0.3) is 0 Å². The zero-order chi connectivity index (χ0) is 20.4. The summed E-state index contributed by atoms with van der Waals surface area (Å²) >= 11 is 12.0. The number of hydrogen-bond donors (Lipinski definition) is 2. The quantitative estimate of drug-likeness (QED) is 0.588. The van der Waals surface area contributed by atoms with Crippen LogP contribution in [0.1, 0.15) is 19.4 Å². The van der Waals surface area contributed by atoms with Gasteiger partial charge >= 0.3 is 0 Å². The number of aromatic nitrogens is 2. The molecule has 148 valence electrons. The molecule has 2 unspecified atom stereocenters. The Labute approximate surface area is 173 Å². The Morgan fingerprint density at radius 2 is 1.86 bits per heavy atom. The van der Waals surface area contributed by atoms with Crippen LogP contribution >= 0.6 is 23.2 Å². The van der Waals surface area contributed by atoms with Crippen molar-refractivity contribution in [2.24, 2.45) is 0 Å². The molecule has 1 aliphatic heterocycles. The van der Waals surface area contributed by atoms with Crippen LogP contribution in [0.15, 0.2) is 30.3 Å². The lowest BCUT2D eigenvalue weighted by atomic mass is 10.1. The third-order valence-electron chi connectivity index (χ3n) is 4.85. The number of nitrogens with zero attached hydrogens (tertiary/aromatic N) is 4. The van der Waals surface area contributed by atoms with Crippen LogP contribution in [0, 0.1) is 10.8 Å². The molecule has 2 aromatic rings. The van der Waals surface area contributed by atoms with Crippen molar-refractivity contribution in [2.75, 3.05) is 18.0 Å². The number of rotatable bonds is 4. The number of hydrogen-bond acceptors (Lipinski definition) is 5. The van der Waals surface area contributed by atoms with Crippen LogP contribution in [-0.2, 0) is 11.2 Å². The molecule has 28 heavy (non-hydrogen) atoms. The second-order valence-electron chi connectivity index (χ2n) is 6.98. The van der Waals surface area contributed by atoms with Crippen molar-refractivity contribution in [3.63, 3.8) is 0 Å². The van der Waals surface area contributed by atoms with E-state index in [0.29, 0.717) is 29.0 Å². The lowest BCUT2D eigenvalue weighted by molar-refractivity contribution is -0.131. The fourth-order valence-electron chi connectivity index (χ4n) is 3.58. The summed E-state index contributed by atoms with van der Waals surface area (Å²) in [5, 5.41) is 20.4. The maximum atomic E-state index is 12.8. The van der Waals surface area contributed by atoms with Crippen LogP contribution in [0.3, 0.4) is 0 Å². The minimum atomic E-state index is 0.0424. The smallest absolute Gasteiger partial charge is 0.227 e. The lowest BCUT2D eigenvalue weighted by Gasteiger charge is -2.45. The number of carbonyl (C=O) groups excluding carboxylic acids is 1. The highest BCUT2D eigenvalue weighted by atomic mass is 35.5. The molecule has 1 fully saturated rings. The fourth-order valence-corrected chi connectivity index (χ4v) is 3.90. The van der Waals surface area contributed by atoms with Crippen molar-refractivity contribution in [3.8, 4) is 0 Å². The zero-order valence-corrected chi connectivity index (χ0v) is 17.2. The average Bonchev–Trinajstić information content (AvgIpc) is 2.65. The molecule has 1 saturated heterocycles. The van der Waals surface area contributed by atoms with Gasteiger partial charge in [-0.1, -0.05) is 29.3 Å². The number of anilines is 1. The van der Waals surface area contributed by atoms with E-state index in [-0.39, 0.29) is 29.9 Å². The normalized spacial score (nSPS) is 19.6. The van der Waals surface area contributed by atoms with Gasteiger partial charge in [-0.2, -0.15) is 0 Å². The van der Waals surface area contributed by atoms with Gasteiger partial charge in [-0.3, -0.25) is 15.6 Å². The Bertz CT molecular complexity index is 948. The Morgan fingerprint density at radius 3 is 2.46 bits per heavy atom. The molecule has 1 aromatic heterocycles. The third-order valence-corrected chi connectivity index (χ3v) is 5.58. The van der Waals surface area contributed by atoms with Gasteiger partial charge in [0.25, 0.3) is 0 Å². The molecule has 2 N–H and O–H groups in total. The predicted octanol–water partition coefficient (Wildman–Crippen LogP) is 2.79. The Morgan fingerprint density at radius 1 is 1.18 bits per heavy atom. The van der Waals surface area contributed by atoms with E-state index < -0.39 is 0 Å². The van der Waals surface area contributed by atoms with E-state index in [2.05, 4.69) is 10.00 Å². The number of nitrogens with one attached hydrogen (secondary N) is 2. The van der Waals surface area contributed by atoms with E-state index >= 15 is 0 Å². The number of halogens is 2. The van der Waals surface area contributed by atoms with Gasteiger partial charge < -0.3 is 9.80 Å². The minimum Gasteiger partial charge on any atom is -0.346 e. The molecule has 0 radical (unpaired) electrons. The molecule has 7 nitrogen and oxygen atoms in total. The Balaban J connectivity index is 1.73. The first-order valence-corrected chi connectivity index (χ1v) is 9.71. The van der Waals surface area contributed by atoms with Crippen molar-refractivity contribution in [3.05, 3.63) is 51.4 Å². The summed E-state index contributed by atoms with van der Waals surface area (Å²) in [6.07, 6.45) is 1.29. The van der Waals surface area contributed by atoms with Gasteiger partial charge in [-0.25, -0.2) is 4.68 Å². The maximum Gasteiger partial charge on any atom is 0.227 e. The Kier molecular flexibility index (Phi) is 6.05. The predicted molar refractivity (Wildman–Crippen MR) is 110 cm³/mol. The van der Waals surface area contributed by atoms with E-state index in [1.165, 1.54) is 4.68 Å². The highest BCUT2D eigenvalue weighted by molar-refractivity contribution is 6.42. The van der Waals surface area contributed by atoms with E-state index in [9.17, 15) is 4.79 Å². The van der Waals surface area contributed by atoms with Gasteiger partial charge in [0.1, 0.15) is 17.6 Å². The third kappa shape index (κ3) is 4.20. The molecule has 0 saturated carbocycles. The highest BCUT2D eigenvalue weighted by Crippen LogP contribution is 2.25. The van der Waals surface area contributed by atoms with Gasteiger partial charge in [0.2, 0.25) is 5.91 Å². The molecule has 2 atom stereocenters. The van der Waals surface area contributed by atoms with Crippen molar-refractivity contribution in [2.45, 2.75) is 32.4 Å². The van der Waals surface area contributed by atoms with Gasteiger partial charge in [-0.05, 0) is 43.7 Å². The molecule has 1 aliphatic rings. The first-order chi connectivity index (χ1) is 13.3. The molecule has 1 amide bonds. The van der Waals surface area contributed by atoms with Gasteiger partial charge in [-0.15, -0.1) is 5.10 Å². The van der Waals surface area contributed by atoms with Gasteiger partial charge in [0.05, 0.1) is 16.5 Å². The second kappa shape index (κ2) is 8.32. The van der Waals surface area contributed by atoms with Gasteiger partial charge in [0.15, 0.2) is 0 Å². The Hall–Kier alpha value is -2.38. The van der Waals surface area contributed by atoms with Crippen LogP contribution < -0.4 is 10.4 Å². The van der Waals surface area contributed by atoms with E-state index in [1.54, 1.807) is 24.3 Å². The summed E-state index contributed by atoms with van der Waals surface area (Å²) in [7, 11) is 0. The summed E-state index contributed by atoms with van der Waals surface area (Å²) in [6, 6.07) is 8.74. The molecule has 9 heteroatoms. The topological polar surface area (TPSA) is 89.1 Å². The van der Waals surface area contributed by atoms with Crippen molar-refractivity contribution < 1.29 is 4.79 Å². The summed E-state index contributed by atoms with van der Waals surface area (Å²) in [6.45, 7) is 5.22. The molecule has 3 rings (SSSR count). The number of amides is 1. The standard InChI is InChI=1S/C19H22Cl2N6O/c1-12-9-25(19(28)8-14-3-4-15(20)16(21)7-14)10-13(2)27(12)18-6-5-17(23)26(11-22)24-18/h3-7,11-13,22-23H,8-10H2,1-2H3. The molecule has 0 aliphatic carbocycles. The molecule has 0 spiro atoms.